The van der Waals surface area contributed by atoms with Gasteiger partial charge in [0.15, 0.2) is 12.0 Å². The van der Waals surface area contributed by atoms with Crippen molar-refractivity contribution in [2.24, 2.45) is 0 Å². The number of ether oxygens (including phenoxy) is 1. The molecule has 0 aliphatic carbocycles. The Labute approximate surface area is 160 Å². The van der Waals surface area contributed by atoms with Gasteiger partial charge in [0.2, 0.25) is 0 Å². The molecule has 0 atom stereocenters. The van der Waals surface area contributed by atoms with E-state index in [1.165, 1.54) is 83.1 Å². The number of hydrogen-bond donors (Lipinski definition) is 1. The monoisotopic (exact) mass is 368 g/mol. The molecule has 0 aromatic carbocycles. The molecule has 0 amide bonds. The maximum atomic E-state index is 9.96. The Balaban J connectivity index is 0.000000577. The molecule has 1 rings (SSSR count). The molecule has 152 valence electrons. The van der Waals surface area contributed by atoms with E-state index in [-0.39, 0.29) is 12.4 Å². The van der Waals surface area contributed by atoms with Crippen LogP contribution in [0.2, 0.25) is 0 Å². The predicted molar refractivity (Wildman–Crippen MR) is 108 cm³/mol. The fraction of sp³-hybridized carbons (Fsp3) is 0.773. The first kappa shape index (κ1) is 24.9. The van der Waals surface area contributed by atoms with Crippen molar-refractivity contribution in [1.29, 1.82) is 0 Å². The Morgan fingerprint density at radius 3 is 1.73 bits per heavy atom. The molecule has 26 heavy (non-hydrogen) atoms. The summed E-state index contributed by atoms with van der Waals surface area (Å²) in [5.41, 5.74) is 0. The van der Waals surface area contributed by atoms with Crippen LogP contribution in [0.5, 0.6) is 0 Å². The van der Waals surface area contributed by atoms with Crippen LogP contribution >= 0.6 is 0 Å². The minimum absolute atomic E-state index is 0.159. The summed E-state index contributed by atoms with van der Waals surface area (Å²) >= 11 is 0. The molecule has 0 saturated carbocycles. The zero-order valence-electron chi connectivity index (χ0n) is 17.0. The second-order valence-corrected chi connectivity index (χ2v) is 6.73. The second kappa shape index (κ2) is 20.2. The van der Waals surface area contributed by atoms with E-state index < -0.39 is 0 Å². The SMILES string of the molecule is CCCCCCCCOCCCCCCCC.O=Cc1ccc(CO)o1. The number of aliphatic hydroxyl groups excluding tert-OH is 1. The van der Waals surface area contributed by atoms with Crippen LogP contribution in [-0.2, 0) is 11.3 Å². The number of rotatable bonds is 16. The molecule has 1 aromatic heterocycles. The van der Waals surface area contributed by atoms with Crippen LogP contribution in [-0.4, -0.2) is 24.6 Å². The largest absolute Gasteiger partial charge is 0.456 e. The van der Waals surface area contributed by atoms with Crippen LogP contribution < -0.4 is 0 Å². The van der Waals surface area contributed by atoms with Crippen LogP contribution in [0.1, 0.15) is 107 Å². The van der Waals surface area contributed by atoms with Crippen molar-refractivity contribution in [1.82, 2.24) is 0 Å². The Hall–Kier alpha value is -1.13. The Kier molecular flexibility index (Phi) is 19.3. The second-order valence-electron chi connectivity index (χ2n) is 6.73. The summed E-state index contributed by atoms with van der Waals surface area (Å²) in [6.45, 7) is 6.35. The van der Waals surface area contributed by atoms with E-state index in [4.69, 9.17) is 14.3 Å². The molecule has 0 radical (unpaired) electrons. The van der Waals surface area contributed by atoms with Crippen molar-refractivity contribution in [3.63, 3.8) is 0 Å². The molecular formula is C22H40O4. The van der Waals surface area contributed by atoms with Gasteiger partial charge in [0.25, 0.3) is 0 Å². The van der Waals surface area contributed by atoms with Gasteiger partial charge in [-0.05, 0) is 25.0 Å². The lowest BCUT2D eigenvalue weighted by Crippen LogP contribution is -1.97. The average Bonchev–Trinajstić information content (AvgIpc) is 3.14. The summed E-state index contributed by atoms with van der Waals surface area (Å²) in [6, 6.07) is 3.07. The van der Waals surface area contributed by atoms with Crippen molar-refractivity contribution in [3.05, 3.63) is 23.7 Å². The molecule has 0 aliphatic heterocycles. The van der Waals surface area contributed by atoms with Gasteiger partial charge in [-0.15, -0.1) is 0 Å². The summed E-state index contributed by atoms with van der Waals surface area (Å²) in [7, 11) is 0. The van der Waals surface area contributed by atoms with E-state index in [9.17, 15) is 4.79 Å². The molecule has 1 heterocycles. The van der Waals surface area contributed by atoms with Crippen molar-refractivity contribution in [2.45, 2.75) is 97.5 Å². The van der Waals surface area contributed by atoms with Gasteiger partial charge in [-0.25, -0.2) is 0 Å². The van der Waals surface area contributed by atoms with Crippen molar-refractivity contribution >= 4 is 6.29 Å². The highest BCUT2D eigenvalue weighted by Crippen LogP contribution is 2.07. The Morgan fingerprint density at radius 1 is 0.846 bits per heavy atom. The molecule has 1 N–H and O–H groups in total. The first-order chi connectivity index (χ1) is 12.8. The van der Waals surface area contributed by atoms with Crippen LogP contribution in [0.15, 0.2) is 16.5 Å². The lowest BCUT2D eigenvalue weighted by atomic mass is 10.1. The molecule has 0 unspecified atom stereocenters. The van der Waals surface area contributed by atoms with E-state index in [0.717, 1.165) is 13.2 Å². The first-order valence-corrected chi connectivity index (χ1v) is 10.5. The first-order valence-electron chi connectivity index (χ1n) is 10.5. The summed E-state index contributed by atoms with van der Waals surface area (Å²) < 4.78 is 10.4. The number of aldehydes is 1. The maximum absolute atomic E-state index is 9.96. The molecule has 0 spiro atoms. The minimum Gasteiger partial charge on any atom is -0.456 e. The third-order valence-corrected chi connectivity index (χ3v) is 4.24. The number of hydrogen-bond acceptors (Lipinski definition) is 4. The van der Waals surface area contributed by atoms with Crippen LogP contribution in [0, 0.1) is 0 Å². The predicted octanol–water partition coefficient (Wildman–Crippen LogP) is 6.31. The molecular weight excluding hydrogens is 328 g/mol. The molecule has 0 aliphatic rings. The molecule has 4 nitrogen and oxygen atoms in total. The Bertz CT molecular complexity index is 387. The van der Waals surface area contributed by atoms with Gasteiger partial charge in [-0.3, -0.25) is 4.79 Å². The topological polar surface area (TPSA) is 59.7 Å². The molecule has 0 saturated heterocycles. The maximum Gasteiger partial charge on any atom is 0.185 e. The average molecular weight is 369 g/mol. The number of carbonyl (C=O) groups excluding carboxylic acids is 1. The third kappa shape index (κ3) is 16.3. The highest BCUT2D eigenvalue weighted by atomic mass is 16.5. The summed E-state index contributed by atoms with van der Waals surface area (Å²) in [5.74, 6) is 0.663. The molecule has 1 aromatic rings. The quantitative estimate of drug-likeness (QED) is 0.274. The number of unbranched alkanes of at least 4 members (excludes halogenated alkanes) is 10. The zero-order chi connectivity index (χ0) is 19.3. The molecule has 0 bridgehead atoms. The van der Waals surface area contributed by atoms with Gasteiger partial charge in [0.05, 0.1) is 0 Å². The van der Waals surface area contributed by atoms with E-state index >= 15 is 0 Å². The third-order valence-electron chi connectivity index (χ3n) is 4.24. The van der Waals surface area contributed by atoms with E-state index in [1.54, 1.807) is 6.07 Å². The van der Waals surface area contributed by atoms with Crippen molar-refractivity contribution < 1.29 is 19.1 Å². The van der Waals surface area contributed by atoms with Crippen molar-refractivity contribution in [2.75, 3.05) is 13.2 Å². The van der Waals surface area contributed by atoms with Crippen LogP contribution in [0.25, 0.3) is 0 Å². The van der Waals surface area contributed by atoms with E-state index in [0.29, 0.717) is 12.0 Å². The molecule has 0 fully saturated rings. The smallest absolute Gasteiger partial charge is 0.185 e. The van der Waals surface area contributed by atoms with E-state index in [2.05, 4.69) is 13.8 Å². The lowest BCUT2D eigenvalue weighted by molar-refractivity contribution is 0.109. The number of furan rings is 1. The van der Waals surface area contributed by atoms with Gasteiger partial charge >= 0.3 is 0 Å². The van der Waals surface area contributed by atoms with Gasteiger partial charge in [0.1, 0.15) is 12.4 Å². The van der Waals surface area contributed by atoms with Crippen LogP contribution in [0.4, 0.5) is 0 Å². The lowest BCUT2D eigenvalue weighted by Gasteiger charge is -2.04. The summed E-state index contributed by atoms with van der Waals surface area (Å²) in [4.78, 5) is 9.96. The van der Waals surface area contributed by atoms with Gasteiger partial charge < -0.3 is 14.3 Å². The van der Waals surface area contributed by atoms with Gasteiger partial charge in [0, 0.05) is 13.2 Å². The highest BCUT2D eigenvalue weighted by molar-refractivity contribution is 5.70. The van der Waals surface area contributed by atoms with E-state index in [1.807, 2.05) is 0 Å². The number of aliphatic hydroxyl groups is 1. The Morgan fingerprint density at radius 2 is 1.35 bits per heavy atom. The molecule has 4 heteroatoms. The summed E-state index contributed by atoms with van der Waals surface area (Å²) in [5, 5.41) is 8.44. The fourth-order valence-electron chi connectivity index (χ4n) is 2.61. The fourth-order valence-corrected chi connectivity index (χ4v) is 2.61. The minimum atomic E-state index is -0.159. The standard InChI is InChI=1S/C16H34O.C6H6O3/c1-3-5-7-9-11-13-15-17-16-14-12-10-8-6-4-2;7-3-5-1-2-6(4-8)9-5/h3-16H2,1-2H3;1-3,8H,4H2. The number of carbonyl (C=O) groups is 1. The van der Waals surface area contributed by atoms with Gasteiger partial charge in [-0.2, -0.15) is 0 Å². The van der Waals surface area contributed by atoms with Gasteiger partial charge in [-0.1, -0.05) is 78.1 Å². The summed E-state index contributed by atoms with van der Waals surface area (Å²) in [6.07, 6.45) is 16.9. The van der Waals surface area contributed by atoms with Crippen molar-refractivity contribution in [3.8, 4) is 0 Å². The van der Waals surface area contributed by atoms with Crippen LogP contribution in [0.3, 0.4) is 0 Å². The highest BCUT2D eigenvalue weighted by Gasteiger charge is 1.96. The zero-order valence-corrected chi connectivity index (χ0v) is 17.0. The normalized spacial score (nSPS) is 10.4.